The van der Waals surface area contributed by atoms with Gasteiger partial charge in [0.25, 0.3) is 5.91 Å². The molecule has 1 saturated heterocycles. The Morgan fingerprint density at radius 3 is 2.47 bits per heavy atom. The maximum Gasteiger partial charge on any atom is 0.253 e. The van der Waals surface area contributed by atoms with Gasteiger partial charge < -0.3 is 10.1 Å². The van der Waals surface area contributed by atoms with E-state index in [1.54, 1.807) is 30.3 Å². The van der Waals surface area contributed by atoms with Crippen LogP contribution in [0.15, 0.2) is 30.3 Å². The number of aldehydes is 1. The molecule has 0 spiro atoms. The standard InChI is InChI=1S/C11H8N2O3S/c14-6-8-9(15)12-11(17)13(10(8)16)7-4-2-1-3-5-7/h1-6,8H,(H,12,15,17)/t8-/m1/s1. The third-order valence-electron chi connectivity index (χ3n) is 2.35. The fourth-order valence-electron chi connectivity index (χ4n) is 1.53. The second-order valence-corrected chi connectivity index (χ2v) is 3.80. The van der Waals surface area contributed by atoms with Gasteiger partial charge in [0.05, 0.1) is 5.69 Å². The Hall–Kier alpha value is -2.08. The number of hydrogen-bond donors (Lipinski definition) is 1. The van der Waals surface area contributed by atoms with E-state index < -0.39 is 17.7 Å². The van der Waals surface area contributed by atoms with Gasteiger partial charge in [0.2, 0.25) is 5.91 Å². The van der Waals surface area contributed by atoms with Gasteiger partial charge in [-0.2, -0.15) is 0 Å². The molecule has 6 heteroatoms. The summed E-state index contributed by atoms with van der Waals surface area (Å²) in [4.78, 5) is 35.1. The van der Waals surface area contributed by atoms with Crippen molar-refractivity contribution in [3.63, 3.8) is 0 Å². The van der Waals surface area contributed by atoms with E-state index >= 15 is 0 Å². The van der Waals surface area contributed by atoms with Crippen LogP contribution in [0.5, 0.6) is 0 Å². The van der Waals surface area contributed by atoms with Gasteiger partial charge in [-0.15, -0.1) is 0 Å². The van der Waals surface area contributed by atoms with Crippen LogP contribution in [0.4, 0.5) is 5.69 Å². The summed E-state index contributed by atoms with van der Waals surface area (Å²) in [6, 6.07) is 8.60. The summed E-state index contributed by atoms with van der Waals surface area (Å²) >= 11 is 4.92. The molecule has 17 heavy (non-hydrogen) atoms. The Balaban J connectivity index is 2.40. The molecule has 1 aliphatic heterocycles. The van der Waals surface area contributed by atoms with E-state index in [4.69, 9.17) is 12.2 Å². The van der Waals surface area contributed by atoms with Crippen molar-refractivity contribution in [2.75, 3.05) is 4.90 Å². The monoisotopic (exact) mass is 248 g/mol. The lowest BCUT2D eigenvalue weighted by Gasteiger charge is -2.30. The van der Waals surface area contributed by atoms with Crippen molar-refractivity contribution in [2.45, 2.75) is 0 Å². The Bertz CT molecular complexity index is 501. The number of para-hydroxylation sites is 1. The molecule has 0 bridgehead atoms. The molecule has 2 amide bonds. The number of nitrogens with one attached hydrogen (secondary N) is 1. The van der Waals surface area contributed by atoms with Crippen molar-refractivity contribution in [3.05, 3.63) is 30.3 Å². The topological polar surface area (TPSA) is 66.5 Å². The number of amides is 2. The molecule has 1 heterocycles. The maximum atomic E-state index is 11.9. The van der Waals surface area contributed by atoms with Crippen molar-refractivity contribution in [1.29, 1.82) is 0 Å². The molecule has 1 atom stereocenters. The minimum Gasteiger partial charge on any atom is -0.302 e. The highest BCUT2D eigenvalue weighted by Crippen LogP contribution is 2.19. The number of anilines is 1. The number of nitrogens with zero attached hydrogens (tertiary/aromatic N) is 1. The normalized spacial score (nSPS) is 20.1. The number of thiocarbonyl (C=S) groups is 1. The van der Waals surface area contributed by atoms with Gasteiger partial charge in [0, 0.05) is 0 Å². The highest BCUT2D eigenvalue weighted by atomic mass is 32.1. The molecule has 0 aromatic heterocycles. The fraction of sp³-hybridized carbons (Fsp3) is 0.0909. The average Bonchev–Trinajstić information content (AvgIpc) is 2.30. The summed E-state index contributed by atoms with van der Waals surface area (Å²) in [6.45, 7) is 0. The smallest absolute Gasteiger partial charge is 0.253 e. The zero-order valence-electron chi connectivity index (χ0n) is 8.62. The highest BCUT2D eigenvalue weighted by molar-refractivity contribution is 7.80. The lowest BCUT2D eigenvalue weighted by Crippen LogP contribution is -2.58. The van der Waals surface area contributed by atoms with Gasteiger partial charge in [-0.1, -0.05) is 18.2 Å². The third kappa shape index (κ3) is 1.94. The number of benzene rings is 1. The first-order chi connectivity index (χ1) is 8.15. The molecule has 86 valence electrons. The van der Waals surface area contributed by atoms with Crippen molar-refractivity contribution in [3.8, 4) is 0 Å². The van der Waals surface area contributed by atoms with Gasteiger partial charge in [0.15, 0.2) is 11.0 Å². The first-order valence-corrected chi connectivity index (χ1v) is 5.25. The van der Waals surface area contributed by atoms with E-state index in [2.05, 4.69) is 5.32 Å². The van der Waals surface area contributed by atoms with Crippen LogP contribution in [-0.2, 0) is 14.4 Å². The van der Waals surface area contributed by atoms with Crippen LogP contribution in [-0.4, -0.2) is 23.2 Å². The molecule has 1 aromatic carbocycles. The number of hydrogen-bond acceptors (Lipinski definition) is 4. The van der Waals surface area contributed by atoms with Crippen LogP contribution in [0, 0.1) is 5.92 Å². The molecule has 1 fully saturated rings. The van der Waals surface area contributed by atoms with E-state index in [1.165, 1.54) is 0 Å². The molecule has 1 aromatic rings. The zero-order valence-corrected chi connectivity index (χ0v) is 9.44. The lowest BCUT2D eigenvalue weighted by molar-refractivity contribution is -0.136. The Morgan fingerprint density at radius 1 is 1.24 bits per heavy atom. The van der Waals surface area contributed by atoms with Crippen molar-refractivity contribution >= 4 is 41.1 Å². The molecule has 0 saturated carbocycles. The minimum absolute atomic E-state index is 0.00991. The average molecular weight is 248 g/mol. The van der Waals surface area contributed by atoms with E-state index in [0.29, 0.717) is 12.0 Å². The van der Waals surface area contributed by atoms with Gasteiger partial charge in [-0.25, -0.2) is 0 Å². The highest BCUT2D eigenvalue weighted by Gasteiger charge is 2.38. The van der Waals surface area contributed by atoms with Crippen LogP contribution in [0.3, 0.4) is 0 Å². The summed E-state index contributed by atoms with van der Waals surface area (Å²) in [5.74, 6) is -2.64. The van der Waals surface area contributed by atoms with E-state index in [1.807, 2.05) is 0 Å². The summed E-state index contributed by atoms with van der Waals surface area (Å²) < 4.78 is 0. The Labute approximate surface area is 102 Å². The minimum atomic E-state index is -1.33. The first kappa shape index (κ1) is 11.4. The molecule has 0 unspecified atom stereocenters. The molecule has 2 rings (SSSR count). The predicted molar refractivity (Wildman–Crippen MR) is 64.2 cm³/mol. The van der Waals surface area contributed by atoms with Crippen LogP contribution >= 0.6 is 12.2 Å². The van der Waals surface area contributed by atoms with Crippen LogP contribution in [0.2, 0.25) is 0 Å². The summed E-state index contributed by atoms with van der Waals surface area (Å²) in [5, 5.41) is 2.32. The third-order valence-corrected chi connectivity index (χ3v) is 2.64. The van der Waals surface area contributed by atoms with E-state index in [-0.39, 0.29) is 5.11 Å². The van der Waals surface area contributed by atoms with Gasteiger partial charge in [-0.05, 0) is 24.4 Å². The second-order valence-electron chi connectivity index (χ2n) is 3.42. The fourth-order valence-corrected chi connectivity index (χ4v) is 1.83. The molecule has 0 radical (unpaired) electrons. The van der Waals surface area contributed by atoms with Crippen LogP contribution < -0.4 is 10.2 Å². The summed E-state index contributed by atoms with van der Waals surface area (Å²) in [5.41, 5.74) is 0.523. The summed E-state index contributed by atoms with van der Waals surface area (Å²) in [6.07, 6.45) is 0.315. The van der Waals surface area contributed by atoms with Crippen LogP contribution in [0.25, 0.3) is 0 Å². The van der Waals surface area contributed by atoms with Crippen molar-refractivity contribution in [2.24, 2.45) is 5.92 Å². The van der Waals surface area contributed by atoms with Gasteiger partial charge >= 0.3 is 0 Å². The predicted octanol–water partition coefficient (Wildman–Crippen LogP) is 0.249. The maximum absolute atomic E-state index is 11.9. The molecule has 0 aliphatic carbocycles. The first-order valence-electron chi connectivity index (χ1n) is 4.84. The Kier molecular flexibility index (Phi) is 2.97. The van der Waals surface area contributed by atoms with Crippen molar-refractivity contribution < 1.29 is 14.4 Å². The molecule has 1 N–H and O–H groups in total. The van der Waals surface area contributed by atoms with Gasteiger partial charge in [-0.3, -0.25) is 14.5 Å². The van der Waals surface area contributed by atoms with Crippen molar-refractivity contribution in [1.82, 2.24) is 5.32 Å². The number of carbonyl (C=O) groups is 3. The lowest BCUT2D eigenvalue weighted by atomic mass is 10.1. The van der Waals surface area contributed by atoms with E-state index in [0.717, 1.165) is 4.90 Å². The largest absolute Gasteiger partial charge is 0.302 e. The molecular formula is C11H8N2O3S. The number of rotatable bonds is 2. The quantitative estimate of drug-likeness (QED) is 0.463. The summed E-state index contributed by atoms with van der Waals surface area (Å²) in [7, 11) is 0. The van der Waals surface area contributed by atoms with Crippen LogP contribution in [0.1, 0.15) is 0 Å². The zero-order chi connectivity index (χ0) is 12.4. The molecular weight excluding hydrogens is 240 g/mol. The molecule has 1 aliphatic rings. The molecule has 5 nitrogen and oxygen atoms in total. The van der Waals surface area contributed by atoms with Gasteiger partial charge in [0.1, 0.15) is 6.29 Å². The Morgan fingerprint density at radius 2 is 1.88 bits per heavy atom. The van der Waals surface area contributed by atoms with E-state index in [9.17, 15) is 14.4 Å². The SMILES string of the molecule is O=C[C@@H]1C(=O)NC(=S)N(c2ccccc2)C1=O. The number of carbonyl (C=O) groups excluding carboxylic acids is 3. The second kappa shape index (κ2) is 4.42.